The molecule has 0 amide bonds. The van der Waals surface area contributed by atoms with Gasteiger partial charge in [-0.25, -0.2) is 0 Å². The molecule has 0 bridgehead atoms. The number of carbonyl (C=O) groups excluding carboxylic acids is 2. The van der Waals surface area contributed by atoms with Crippen LogP contribution in [0.1, 0.15) is 75.6 Å². The van der Waals surface area contributed by atoms with Crippen LogP contribution in [0, 0.1) is 13.8 Å². The van der Waals surface area contributed by atoms with Crippen LogP contribution in [-0.4, -0.2) is 11.9 Å². The van der Waals surface area contributed by atoms with E-state index in [4.69, 9.17) is 9.47 Å². The monoisotopic (exact) mass is 396 g/mol. The highest BCUT2D eigenvalue weighted by Crippen LogP contribution is 2.43. The predicted molar refractivity (Wildman–Crippen MR) is 116 cm³/mol. The number of carbonyl (C=O) groups is 2. The standard InChI is InChI=1S/C25H32O4/c1-7-13-25(14-8-2,21-9-11-23(17(3)15-21)28-19(5)26)22-10-12-24(18(4)16-22)29-20(6)27/h9-12,15-16H,7-8,13-14H2,1-6H3. The molecule has 2 aromatic rings. The summed E-state index contributed by atoms with van der Waals surface area (Å²) in [5.74, 6) is 0.575. The number of hydrogen-bond acceptors (Lipinski definition) is 4. The number of esters is 2. The first-order chi connectivity index (χ1) is 13.7. The molecular formula is C25H32O4. The molecule has 4 nitrogen and oxygen atoms in total. The Morgan fingerprint density at radius 3 is 1.41 bits per heavy atom. The molecular weight excluding hydrogens is 364 g/mol. The Bertz CT molecular complexity index is 809. The second-order valence-corrected chi connectivity index (χ2v) is 7.73. The summed E-state index contributed by atoms with van der Waals surface area (Å²) in [5, 5.41) is 0. The van der Waals surface area contributed by atoms with Crippen molar-refractivity contribution in [1.82, 2.24) is 0 Å². The van der Waals surface area contributed by atoms with Gasteiger partial charge in [0.25, 0.3) is 0 Å². The maximum atomic E-state index is 11.4. The first-order valence-electron chi connectivity index (χ1n) is 10.3. The van der Waals surface area contributed by atoms with E-state index >= 15 is 0 Å². The summed E-state index contributed by atoms with van der Waals surface area (Å²) < 4.78 is 10.6. The second kappa shape index (κ2) is 9.73. The molecule has 0 saturated carbocycles. The van der Waals surface area contributed by atoms with Crippen molar-refractivity contribution in [2.75, 3.05) is 0 Å². The molecule has 0 unspecified atom stereocenters. The quantitative estimate of drug-likeness (QED) is 0.403. The summed E-state index contributed by atoms with van der Waals surface area (Å²) in [5.41, 5.74) is 4.18. The molecule has 2 rings (SSSR count). The number of aryl methyl sites for hydroxylation is 2. The topological polar surface area (TPSA) is 52.6 Å². The molecule has 0 aliphatic rings. The van der Waals surface area contributed by atoms with Crippen LogP contribution in [0.4, 0.5) is 0 Å². The lowest BCUT2D eigenvalue weighted by Crippen LogP contribution is -2.28. The number of ether oxygens (including phenoxy) is 2. The molecule has 0 aromatic heterocycles. The smallest absolute Gasteiger partial charge is 0.308 e. The van der Waals surface area contributed by atoms with Crippen molar-refractivity contribution >= 4 is 11.9 Å². The van der Waals surface area contributed by atoms with Crippen LogP contribution in [-0.2, 0) is 15.0 Å². The van der Waals surface area contributed by atoms with Gasteiger partial charge < -0.3 is 9.47 Å². The van der Waals surface area contributed by atoms with Gasteiger partial charge >= 0.3 is 11.9 Å². The summed E-state index contributed by atoms with van der Waals surface area (Å²) in [6.07, 6.45) is 4.07. The lowest BCUT2D eigenvalue weighted by Gasteiger charge is -2.36. The van der Waals surface area contributed by atoms with Crippen LogP contribution in [0.3, 0.4) is 0 Å². The summed E-state index contributed by atoms with van der Waals surface area (Å²) in [7, 11) is 0. The second-order valence-electron chi connectivity index (χ2n) is 7.73. The van der Waals surface area contributed by atoms with Gasteiger partial charge in [0.15, 0.2) is 0 Å². The molecule has 4 heteroatoms. The van der Waals surface area contributed by atoms with Crippen molar-refractivity contribution in [2.45, 2.75) is 72.6 Å². The predicted octanol–water partition coefficient (Wildman–Crippen LogP) is 6.04. The van der Waals surface area contributed by atoms with E-state index in [1.165, 1.54) is 25.0 Å². The molecule has 0 N–H and O–H groups in total. The Morgan fingerprint density at radius 1 is 0.759 bits per heavy atom. The molecule has 0 radical (unpaired) electrons. The molecule has 156 valence electrons. The lowest BCUT2D eigenvalue weighted by molar-refractivity contribution is -0.132. The Balaban J connectivity index is 2.59. The molecule has 2 aromatic carbocycles. The number of rotatable bonds is 8. The van der Waals surface area contributed by atoms with Gasteiger partial charge in [0, 0.05) is 19.3 Å². The van der Waals surface area contributed by atoms with E-state index in [1.807, 2.05) is 26.0 Å². The Morgan fingerprint density at radius 2 is 1.14 bits per heavy atom. The molecule has 0 spiro atoms. The third-order valence-corrected chi connectivity index (χ3v) is 5.32. The van der Waals surface area contributed by atoms with E-state index in [0.717, 1.165) is 36.8 Å². The molecule has 0 atom stereocenters. The van der Waals surface area contributed by atoms with Gasteiger partial charge in [0.05, 0.1) is 0 Å². The van der Waals surface area contributed by atoms with Crippen LogP contribution < -0.4 is 9.47 Å². The van der Waals surface area contributed by atoms with Crippen molar-refractivity contribution in [3.8, 4) is 11.5 Å². The Labute approximate surface area is 174 Å². The number of benzene rings is 2. The first-order valence-corrected chi connectivity index (χ1v) is 10.3. The van der Waals surface area contributed by atoms with Crippen molar-refractivity contribution < 1.29 is 19.1 Å². The lowest BCUT2D eigenvalue weighted by atomic mass is 9.68. The third kappa shape index (κ3) is 5.26. The SMILES string of the molecule is CCCC(CCC)(c1ccc(OC(C)=O)c(C)c1)c1ccc(OC(C)=O)c(C)c1. The molecule has 0 saturated heterocycles. The minimum Gasteiger partial charge on any atom is -0.426 e. The zero-order valence-corrected chi connectivity index (χ0v) is 18.4. The van der Waals surface area contributed by atoms with Crippen molar-refractivity contribution in [3.63, 3.8) is 0 Å². The van der Waals surface area contributed by atoms with Gasteiger partial charge in [-0.3, -0.25) is 9.59 Å². The molecule has 0 fully saturated rings. The normalized spacial score (nSPS) is 11.2. The zero-order valence-electron chi connectivity index (χ0n) is 18.4. The van der Waals surface area contributed by atoms with Gasteiger partial charge in [-0.15, -0.1) is 0 Å². The number of hydrogen-bond donors (Lipinski definition) is 0. The average molecular weight is 397 g/mol. The van der Waals surface area contributed by atoms with Crippen LogP contribution in [0.2, 0.25) is 0 Å². The summed E-state index contributed by atoms with van der Waals surface area (Å²) >= 11 is 0. The highest BCUT2D eigenvalue weighted by atomic mass is 16.5. The van der Waals surface area contributed by atoms with E-state index in [2.05, 4.69) is 38.1 Å². The molecule has 0 heterocycles. The average Bonchev–Trinajstić information content (AvgIpc) is 2.64. The summed E-state index contributed by atoms with van der Waals surface area (Å²) in [4.78, 5) is 22.7. The highest BCUT2D eigenvalue weighted by Gasteiger charge is 2.33. The fourth-order valence-corrected chi connectivity index (χ4v) is 4.16. The summed E-state index contributed by atoms with van der Waals surface area (Å²) in [6, 6.07) is 12.2. The first kappa shape index (κ1) is 22.7. The van der Waals surface area contributed by atoms with E-state index in [0.29, 0.717) is 11.5 Å². The fraction of sp³-hybridized carbons (Fsp3) is 0.440. The van der Waals surface area contributed by atoms with Gasteiger partial charge in [-0.05, 0) is 61.1 Å². The third-order valence-electron chi connectivity index (χ3n) is 5.32. The van der Waals surface area contributed by atoms with E-state index in [9.17, 15) is 9.59 Å². The fourth-order valence-electron chi connectivity index (χ4n) is 4.16. The zero-order chi connectivity index (χ0) is 21.6. The molecule has 0 aliphatic carbocycles. The van der Waals surface area contributed by atoms with Crippen molar-refractivity contribution in [1.29, 1.82) is 0 Å². The minimum absolute atomic E-state index is 0.150. The van der Waals surface area contributed by atoms with E-state index < -0.39 is 0 Å². The maximum absolute atomic E-state index is 11.4. The molecule has 0 aliphatic heterocycles. The van der Waals surface area contributed by atoms with Gasteiger partial charge in [-0.2, -0.15) is 0 Å². The van der Waals surface area contributed by atoms with Gasteiger partial charge in [-0.1, -0.05) is 51.0 Å². The highest BCUT2D eigenvalue weighted by molar-refractivity contribution is 5.70. The maximum Gasteiger partial charge on any atom is 0.308 e. The van der Waals surface area contributed by atoms with Gasteiger partial charge in [0.1, 0.15) is 11.5 Å². The Kier molecular flexibility index (Phi) is 7.60. The van der Waals surface area contributed by atoms with Crippen LogP contribution in [0.5, 0.6) is 11.5 Å². The van der Waals surface area contributed by atoms with E-state index in [-0.39, 0.29) is 17.4 Å². The Hall–Kier alpha value is -2.62. The van der Waals surface area contributed by atoms with Gasteiger partial charge in [0.2, 0.25) is 0 Å². The van der Waals surface area contributed by atoms with Crippen LogP contribution >= 0.6 is 0 Å². The largest absolute Gasteiger partial charge is 0.426 e. The van der Waals surface area contributed by atoms with E-state index in [1.54, 1.807) is 0 Å². The van der Waals surface area contributed by atoms with Crippen LogP contribution in [0.25, 0.3) is 0 Å². The summed E-state index contributed by atoms with van der Waals surface area (Å²) in [6.45, 7) is 11.2. The van der Waals surface area contributed by atoms with Crippen LogP contribution in [0.15, 0.2) is 36.4 Å². The van der Waals surface area contributed by atoms with Crippen molar-refractivity contribution in [2.24, 2.45) is 0 Å². The molecule has 29 heavy (non-hydrogen) atoms. The minimum atomic E-state index is -0.314. The van der Waals surface area contributed by atoms with Crippen molar-refractivity contribution in [3.05, 3.63) is 58.7 Å².